The molecule has 1 aliphatic carbocycles. The number of ether oxygens (including phenoxy) is 1. The second-order valence-electron chi connectivity index (χ2n) is 4.44. The molecule has 0 saturated heterocycles. The topological polar surface area (TPSA) is 63.6 Å². The number of carbonyl (C=O) groups excluding carboxylic acids is 2. The second-order valence-corrected chi connectivity index (χ2v) is 4.44. The zero-order valence-electron chi connectivity index (χ0n) is 9.63. The van der Waals surface area contributed by atoms with Gasteiger partial charge in [-0.2, -0.15) is 0 Å². The summed E-state index contributed by atoms with van der Waals surface area (Å²) in [6.07, 6.45) is 1.26. The van der Waals surface area contributed by atoms with Gasteiger partial charge in [0, 0.05) is 17.5 Å². The van der Waals surface area contributed by atoms with Gasteiger partial charge >= 0.3 is 0 Å². The Balaban J connectivity index is 2.02. The molecule has 0 aromatic heterocycles. The van der Waals surface area contributed by atoms with Crippen molar-refractivity contribution in [2.24, 2.45) is 5.92 Å². The van der Waals surface area contributed by atoms with Crippen LogP contribution < -0.4 is 0 Å². The SMILES string of the molecule is O=C1c2ccccc2C(=O)C2OC(CCO)=CC12. The summed E-state index contributed by atoms with van der Waals surface area (Å²) in [4.78, 5) is 24.5. The molecule has 4 nitrogen and oxygen atoms in total. The van der Waals surface area contributed by atoms with Gasteiger partial charge in [-0.25, -0.2) is 0 Å². The Morgan fingerprint density at radius 1 is 1.11 bits per heavy atom. The number of aliphatic hydroxyl groups excluding tert-OH is 1. The molecule has 1 heterocycles. The number of hydrogen-bond acceptors (Lipinski definition) is 4. The molecule has 0 spiro atoms. The van der Waals surface area contributed by atoms with Crippen LogP contribution in [0.25, 0.3) is 0 Å². The van der Waals surface area contributed by atoms with Crippen LogP contribution in [0.2, 0.25) is 0 Å². The number of ketones is 2. The Morgan fingerprint density at radius 2 is 1.78 bits per heavy atom. The molecule has 92 valence electrons. The van der Waals surface area contributed by atoms with E-state index in [2.05, 4.69) is 0 Å². The van der Waals surface area contributed by atoms with Crippen molar-refractivity contribution >= 4 is 11.6 Å². The number of hydrogen-bond donors (Lipinski definition) is 1. The van der Waals surface area contributed by atoms with E-state index in [1.54, 1.807) is 30.3 Å². The minimum atomic E-state index is -0.742. The van der Waals surface area contributed by atoms with Gasteiger partial charge in [-0.15, -0.1) is 0 Å². The first kappa shape index (κ1) is 11.2. The van der Waals surface area contributed by atoms with E-state index in [1.807, 2.05) is 0 Å². The zero-order valence-corrected chi connectivity index (χ0v) is 9.63. The van der Waals surface area contributed by atoms with Crippen molar-refractivity contribution in [1.29, 1.82) is 0 Å². The number of fused-ring (bicyclic) bond motifs is 2. The summed E-state index contributed by atoms with van der Waals surface area (Å²) in [5.74, 6) is -0.238. The van der Waals surface area contributed by atoms with Gasteiger partial charge in [0.15, 0.2) is 11.9 Å². The van der Waals surface area contributed by atoms with Crippen LogP contribution >= 0.6 is 0 Å². The fourth-order valence-electron chi connectivity index (χ4n) is 2.49. The second kappa shape index (κ2) is 4.07. The van der Waals surface area contributed by atoms with E-state index in [0.29, 0.717) is 23.3 Å². The highest BCUT2D eigenvalue weighted by molar-refractivity contribution is 6.18. The number of carbonyl (C=O) groups is 2. The summed E-state index contributed by atoms with van der Waals surface area (Å²) in [5, 5.41) is 8.87. The predicted molar refractivity (Wildman–Crippen MR) is 63.3 cm³/mol. The van der Waals surface area contributed by atoms with Gasteiger partial charge in [-0.05, 0) is 6.08 Å². The van der Waals surface area contributed by atoms with Crippen molar-refractivity contribution in [2.75, 3.05) is 6.61 Å². The van der Waals surface area contributed by atoms with Crippen molar-refractivity contribution < 1.29 is 19.4 Å². The standard InChI is InChI=1S/C14H12O4/c15-6-5-8-7-11-12(16)9-3-1-2-4-10(9)13(17)14(11)18-8/h1-4,7,11,14-15H,5-6H2. The highest BCUT2D eigenvalue weighted by atomic mass is 16.5. The monoisotopic (exact) mass is 244 g/mol. The van der Waals surface area contributed by atoms with Crippen LogP contribution in [0.3, 0.4) is 0 Å². The molecule has 2 unspecified atom stereocenters. The minimum absolute atomic E-state index is 0.0550. The van der Waals surface area contributed by atoms with E-state index in [1.165, 1.54) is 0 Å². The molecule has 0 amide bonds. The largest absolute Gasteiger partial charge is 0.486 e. The van der Waals surface area contributed by atoms with Gasteiger partial charge in [0.05, 0.1) is 18.3 Å². The molecule has 0 saturated carbocycles. The van der Waals surface area contributed by atoms with Crippen molar-refractivity contribution in [3.05, 3.63) is 47.2 Å². The fourth-order valence-corrected chi connectivity index (χ4v) is 2.49. The van der Waals surface area contributed by atoms with Crippen molar-refractivity contribution in [3.8, 4) is 0 Å². The van der Waals surface area contributed by atoms with E-state index in [9.17, 15) is 9.59 Å². The molecule has 0 fully saturated rings. The molecule has 2 aliphatic rings. The maximum Gasteiger partial charge on any atom is 0.205 e. The van der Waals surface area contributed by atoms with Crippen molar-refractivity contribution in [2.45, 2.75) is 12.5 Å². The number of benzene rings is 1. The summed E-state index contributed by atoms with van der Waals surface area (Å²) >= 11 is 0. The molecular weight excluding hydrogens is 232 g/mol. The molecule has 1 aromatic rings. The Labute approximate surface area is 104 Å². The molecule has 1 N–H and O–H groups in total. The van der Waals surface area contributed by atoms with Crippen molar-refractivity contribution in [3.63, 3.8) is 0 Å². The number of Topliss-reactive ketones (excluding diaryl/α,β-unsaturated/α-hetero) is 2. The van der Waals surface area contributed by atoms with E-state index >= 15 is 0 Å². The lowest BCUT2D eigenvalue weighted by Crippen LogP contribution is -2.38. The maximum atomic E-state index is 12.3. The highest BCUT2D eigenvalue weighted by Gasteiger charge is 2.45. The average Bonchev–Trinajstić information content (AvgIpc) is 2.81. The van der Waals surface area contributed by atoms with Gasteiger partial charge in [-0.1, -0.05) is 24.3 Å². The molecule has 4 heteroatoms. The zero-order chi connectivity index (χ0) is 12.7. The molecule has 18 heavy (non-hydrogen) atoms. The molecular formula is C14H12O4. The van der Waals surface area contributed by atoms with Gasteiger partial charge < -0.3 is 9.84 Å². The van der Waals surface area contributed by atoms with Crippen LogP contribution in [0.1, 0.15) is 27.1 Å². The van der Waals surface area contributed by atoms with E-state index < -0.39 is 12.0 Å². The van der Waals surface area contributed by atoms with Crippen LogP contribution in [0.15, 0.2) is 36.1 Å². The first-order valence-corrected chi connectivity index (χ1v) is 5.88. The number of rotatable bonds is 2. The lowest BCUT2D eigenvalue weighted by Gasteiger charge is -2.24. The minimum Gasteiger partial charge on any atom is -0.486 e. The summed E-state index contributed by atoms with van der Waals surface area (Å²) < 4.78 is 5.48. The van der Waals surface area contributed by atoms with E-state index in [4.69, 9.17) is 9.84 Å². The molecule has 0 bridgehead atoms. The third-order valence-electron chi connectivity index (χ3n) is 3.35. The Bertz CT molecular complexity index is 559. The average molecular weight is 244 g/mol. The van der Waals surface area contributed by atoms with Gasteiger partial charge in [0.2, 0.25) is 5.78 Å². The Kier molecular flexibility index (Phi) is 2.52. The van der Waals surface area contributed by atoms with E-state index in [0.717, 1.165) is 0 Å². The first-order valence-electron chi connectivity index (χ1n) is 5.88. The molecule has 1 aromatic carbocycles. The van der Waals surface area contributed by atoms with E-state index in [-0.39, 0.29) is 18.2 Å². The highest BCUT2D eigenvalue weighted by Crippen LogP contribution is 2.35. The van der Waals surface area contributed by atoms with Crippen LogP contribution in [0.5, 0.6) is 0 Å². The summed E-state index contributed by atoms with van der Waals surface area (Å²) in [5.41, 5.74) is 0.899. The number of aliphatic hydroxyl groups is 1. The van der Waals surface area contributed by atoms with Gasteiger partial charge in [0.25, 0.3) is 0 Å². The molecule has 1 aliphatic heterocycles. The lowest BCUT2D eigenvalue weighted by atomic mass is 9.80. The maximum absolute atomic E-state index is 12.3. The normalized spacial score (nSPS) is 25.3. The third kappa shape index (κ3) is 1.49. The van der Waals surface area contributed by atoms with Crippen LogP contribution in [0, 0.1) is 5.92 Å². The quantitative estimate of drug-likeness (QED) is 0.852. The predicted octanol–water partition coefficient (Wildman–Crippen LogP) is 1.35. The molecule has 0 radical (unpaired) electrons. The Hall–Kier alpha value is -1.94. The molecule has 2 atom stereocenters. The lowest BCUT2D eigenvalue weighted by molar-refractivity contribution is 0.0527. The summed E-state index contributed by atoms with van der Waals surface area (Å²) in [6, 6.07) is 6.81. The third-order valence-corrected chi connectivity index (χ3v) is 3.35. The van der Waals surface area contributed by atoms with Crippen LogP contribution in [-0.2, 0) is 4.74 Å². The van der Waals surface area contributed by atoms with Crippen LogP contribution in [-0.4, -0.2) is 29.4 Å². The summed E-state index contributed by atoms with van der Waals surface area (Å²) in [7, 11) is 0. The van der Waals surface area contributed by atoms with Gasteiger partial charge in [-0.3, -0.25) is 9.59 Å². The summed E-state index contributed by atoms with van der Waals surface area (Å²) in [6.45, 7) is -0.0550. The smallest absolute Gasteiger partial charge is 0.205 e. The van der Waals surface area contributed by atoms with Crippen LogP contribution in [0.4, 0.5) is 0 Å². The molecule has 3 rings (SSSR count). The van der Waals surface area contributed by atoms with Crippen molar-refractivity contribution in [1.82, 2.24) is 0 Å². The first-order chi connectivity index (χ1) is 8.72. The fraction of sp³-hybridized carbons (Fsp3) is 0.286. The Morgan fingerprint density at radius 3 is 2.44 bits per heavy atom. The van der Waals surface area contributed by atoms with Gasteiger partial charge in [0.1, 0.15) is 0 Å².